The topological polar surface area (TPSA) is 118 Å². The SMILES string of the molecule is CCOc1ccc(Nc2ccc(O)c3c2C(=O)c2c(Nc4ccc(OCC)cc4)ccc(Nc4ccc(OCC)cc4)c2C3=O)cc1. The van der Waals surface area contributed by atoms with Crippen LogP contribution in [0.1, 0.15) is 52.6 Å². The van der Waals surface area contributed by atoms with E-state index >= 15 is 0 Å². The lowest BCUT2D eigenvalue weighted by Crippen LogP contribution is -2.25. The first-order valence-electron chi connectivity index (χ1n) is 15.5. The zero-order valence-electron chi connectivity index (χ0n) is 26.3. The zero-order chi connectivity index (χ0) is 32.9. The largest absolute Gasteiger partial charge is 0.507 e. The first-order valence-corrected chi connectivity index (χ1v) is 15.5. The number of rotatable bonds is 12. The molecule has 0 radical (unpaired) electrons. The quantitative estimate of drug-likeness (QED) is 0.0987. The highest BCUT2D eigenvalue weighted by atomic mass is 16.5. The average molecular weight is 630 g/mol. The predicted molar refractivity (Wildman–Crippen MR) is 184 cm³/mol. The smallest absolute Gasteiger partial charge is 0.200 e. The number of phenolic OH excluding ortho intramolecular Hbond substituents is 1. The fraction of sp³-hybridized carbons (Fsp3) is 0.158. The average Bonchev–Trinajstić information content (AvgIpc) is 3.08. The lowest BCUT2D eigenvalue weighted by molar-refractivity contribution is 0.0978. The number of benzene rings is 5. The van der Waals surface area contributed by atoms with E-state index in [4.69, 9.17) is 14.2 Å². The molecule has 0 aromatic heterocycles. The molecular weight excluding hydrogens is 594 g/mol. The minimum atomic E-state index is -0.480. The molecule has 9 heteroatoms. The number of carbonyl (C=O) groups is 2. The van der Waals surface area contributed by atoms with E-state index in [2.05, 4.69) is 16.0 Å². The fourth-order valence-electron chi connectivity index (χ4n) is 5.56. The minimum Gasteiger partial charge on any atom is -0.507 e. The van der Waals surface area contributed by atoms with Crippen LogP contribution >= 0.6 is 0 Å². The Morgan fingerprint density at radius 1 is 0.447 bits per heavy atom. The highest BCUT2D eigenvalue weighted by Crippen LogP contribution is 2.44. The van der Waals surface area contributed by atoms with Gasteiger partial charge >= 0.3 is 0 Å². The monoisotopic (exact) mass is 629 g/mol. The summed E-state index contributed by atoms with van der Waals surface area (Å²) in [5.74, 6) is 0.971. The van der Waals surface area contributed by atoms with Crippen molar-refractivity contribution in [2.24, 2.45) is 0 Å². The summed E-state index contributed by atoms with van der Waals surface area (Å²) in [5.41, 5.74) is 3.72. The number of nitrogens with one attached hydrogen (secondary N) is 3. The van der Waals surface area contributed by atoms with Crippen molar-refractivity contribution in [2.45, 2.75) is 20.8 Å². The Labute approximate surface area is 273 Å². The summed E-state index contributed by atoms with van der Waals surface area (Å²) in [5, 5.41) is 20.9. The molecule has 0 aliphatic heterocycles. The number of carbonyl (C=O) groups excluding carboxylic acids is 2. The molecule has 9 nitrogen and oxygen atoms in total. The van der Waals surface area contributed by atoms with Gasteiger partial charge in [-0.3, -0.25) is 9.59 Å². The molecule has 0 amide bonds. The molecule has 0 saturated carbocycles. The van der Waals surface area contributed by atoms with Gasteiger partial charge in [0.05, 0.1) is 59.1 Å². The van der Waals surface area contributed by atoms with E-state index in [-0.39, 0.29) is 28.0 Å². The van der Waals surface area contributed by atoms with Gasteiger partial charge in [-0.25, -0.2) is 0 Å². The first kappa shape index (κ1) is 31.0. The van der Waals surface area contributed by atoms with Gasteiger partial charge in [-0.1, -0.05) is 0 Å². The van der Waals surface area contributed by atoms with Crippen molar-refractivity contribution in [1.29, 1.82) is 0 Å². The fourth-order valence-corrected chi connectivity index (χ4v) is 5.56. The maximum Gasteiger partial charge on any atom is 0.200 e. The molecule has 0 fully saturated rings. The Bertz CT molecular complexity index is 1920. The molecular formula is C38H35N3O6. The van der Waals surface area contributed by atoms with Gasteiger partial charge in [0.25, 0.3) is 0 Å². The number of aromatic hydroxyl groups is 1. The van der Waals surface area contributed by atoms with Crippen molar-refractivity contribution in [3.05, 3.63) is 119 Å². The molecule has 0 spiro atoms. The summed E-state index contributed by atoms with van der Waals surface area (Å²) in [6.45, 7) is 7.36. The minimum absolute atomic E-state index is 0.0635. The number of hydrogen-bond donors (Lipinski definition) is 4. The Morgan fingerprint density at radius 2 is 0.745 bits per heavy atom. The Hall–Kier alpha value is -5.96. The van der Waals surface area contributed by atoms with Crippen molar-refractivity contribution in [3.8, 4) is 23.0 Å². The lowest BCUT2D eigenvalue weighted by atomic mass is 9.80. The van der Waals surface area contributed by atoms with Crippen LogP contribution < -0.4 is 30.2 Å². The van der Waals surface area contributed by atoms with E-state index in [1.54, 1.807) is 18.2 Å². The van der Waals surface area contributed by atoms with Gasteiger partial charge in [0.1, 0.15) is 23.0 Å². The highest BCUT2D eigenvalue weighted by Gasteiger charge is 2.38. The molecule has 0 heterocycles. The molecule has 0 saturated heterocycles. The Balaban J connectivity index is 1.44. The van der Waals surface area contributed by atoms with Crippen molar-refractivity contribution < 1.29 is 28.9 Å². The molecule has 238 valence electrons. The number of ketones is 2. The van der Waals surface area contributed by atoms with Crippen LogP contribution in [0.25, 0.3) is 0 Å². The van der Waals surface area contributed by atoms with Gasteiger partial charge in [-0.05, 0) is 118 Å². The highest BCUT2D eigenvalue weighted by molar-refractivity contribution is 6.34. The summed E-state index contributed by atoms with van der Waals surface area (Å²) in [6.07, 6.45) is 0. The van der Waals surface area contributed by atoms with Crippen LogP contribution in [-0.2, 0) is 0 Å². The molecule has 47 heavy (non-hydrogen) atoms. The van der Waals surface area contributed by atoms with E-state index < -0.39 is 11.6 Å². The number of anilines is 6. The molecule has 1 aliphatic rings. The zero-order valence-corrected chi connectivity index (χ0v) is 26.3. The van der Waals surface area contributed by atoms with Crippen LogP contribution in [0, 0.1) is 0 Å². The lowest BCUT2D eigenvalue weighted by Gasteiger charge is -2.26. The van der Waals surface area contributed by atoms with Crippen LogP contribution in [0.15, 0.2) is 97.1 Å². The van der Waals surface area contributed by atoms with Crippen molar-refractivity contribution in [3.63, 3.8) is 0 Å². The Morgan fingerprint density at radius 3 is 1.09 bits per heavy atom. The van der Waals surface area contributed by atoms with Gasteiger partial charge in [-0.2, -0.15) is 0 Å². The Kier molecular flexibility index (Phi) is 8.97. The molecule has 0 atom stereocenters. The third-order valence-electron chi connectivity index (χ3n) is 7.63. The van der Waals surface area contributed by atoms with E-state index in [0.29, 0.717) is 65.4 Å². The number of ether oxygens (including phenoxy) is 3. The number of hydrogen-bond acceptors (Lipinski definition) is 9. The number of phenols is 1. The maximum atomic E-state index is 14.6. The van der Waals surface area contributed by atoms with E-state index in [1.165, 1.54) is 6.07 Å². The molecule has 1 aliphatic carbocycles. The molecule has 6 rings (SSSR count). The van der Waals surface area contributed by atoms with Gasteiger partial charge in [0.2, 0.25) is 0 Å². The number of fused-ring (bicyclic) bond motifs is 2. The van der Waals surface area contributed by atoms with Gasteiger partial charge in [0, 0.05) is 17.1 Å². The van der Waals surface area contributed by atoms with Crippen molar-refractivity contribution >= 4 is 45.7 Å². The molecule has 5 aromatic carbocycles. The van der Waals surface area contributed by atoms with Crippen LogP contribution in [-0.4, -0.2) is 36.5 Å². The second kappa shape index (κ2) is 13.6. The third-order valence-corrected chi connectivity index (χ3v) is 7.63. The summed E-state index contributed by atoms with van der Waals surface area (Å²) in [6, 6.07) is 28.5. The second-order valence-corrected chi connectivity index (χ2v) is 10.7. The molecule has 5 aromatic rings. The predicted octanol–water partition coefficient (Wildman–Crippen LogP) is 8.59. The van der Waals surface area contributed by atoms with Gasteiger partial charge in [0.15, 0.2) is 11.6 Å². The standard InChI is InChI=1S/C38H35N3O6/c1-4-45-26-13-7-23(8-14-26)39-29-19-20-30(40-24-9-15-27(16-10-24)46-5-2)34-33(29)37(43)35-31(21-22-32(42)36(35)38(34)44)41-25-11-17-28(18-12-25)47-6-3/h7-22,39-42H,4-6H2,1-3H3. The molecule has 0 unspecified atom stereocenters. The van der Waals surface area contributed by atoms with Crippen LogP contribution in [0.2, 0.25) is 0 Å². The van der Waals surface area contributed by atoms with Crippen LogP contribution in [0.5, 0.6) is 23.0 Å². The molecule has 0 bridgehead atoms. The summed E-state index contributed by atoms with van der Waals surface area (Å²) in [4.78, 5) is 29.0. The van der Waals surface area contributed by atoms with Crippen molar-refractivity contribution in [2.75, 3.05) is 35.8 Å². The first-order chi connectivity index (χ1) is 22.9. The summed E-state index contributed by atoms with van der Waals surface area (Å²) in [7, 11) is 0. The van der Waals surface area contributed by atoms with Crippen molar-refractivity contribution in [1.82, 2.24) is 0 Å². The van der Waals surface area contributed by atoms with Crippen LogP contribution in [0.3, 0.4) is 0 Å². The second-order valence-electron chi connectivity index (χ2n) is 10.7. The normalized spacial score (nSPS) is 11.7. The van der Waals surface area contributed by atoms with Gasteiger partial charge < -0.3 is 35.3 Å². The maximum absolute atomic E-state index is 14.6. The van der Waals surface area contributed by atoms with E-state index in [9.17, 15) is 14.7 Å². The van der Waals surface area contributed by atoms with E-state index in [0.717, 1.165) is 5.75 Å². The summed E-state index contributed by atoms with van der Waals surface area (Å²) >= 11 is 0. The third kappa shape index (κ3) is 6.41. The van der Waals surface area contributed by atoms with Gasteiger partial charge in [-0.15, -0.1) is 0 Å². The summed E-state index contributed by atoms with van der Waals surface area (Å²) < 4.78 is 16.7. The van der Waals surface area contributed by atoms with Crippen LogP contribution in [0.4, 0.5) is 34.1 Å². The van der Waals surface area contributed by atoms with E-state index in [1.807, 2.05) is 93.6 Å². The molecule has 4 N–H and O–H groups in total.